The second-order valence-electron chi connectivity index (χ2n) is 41.4. The van der Waals surface area contributed by atoms with Crippen LogP contribution in [0, 0.1) is 160 Å². The maximum absolute atomic E-state index is 13.1. The van der Waals surface area contributed by atoms with E-state index in [-0.39, 0.29) is 101 Å². The van der Waals surface area contributed by atoms with Crippen molar-refractivity contribution in [2.45, 2.75) is 332 Å². The molecule has 12 fully saturated rings. The van der Waals surface area contributed by atoms with Crippen molar-refractivity contribution in [2.24, 2.45) is 160 Å². The molecule has 0 spiro atoms. The number of fused-ring (bicyclic) bond motifs is 20. The molecule has 16 aliphatic carbocycles. The van der Waals surface area contributed by atoms with Gasteiger partial charge in [0.15, 0.2) is 11.6 Å². The van der Waals surface area contributed by atoms with Gasteiger partial charge in [-0.05, 0) is 255 Å². The van der Waals surface area contributed by atoms with Crippen LogP contribution in [0.25, 0.3) is 0 Å². The Labute approximate surface area is 666 Å². The van der Waals surface area contributed by atoms with Gasteiger partial charge in [0.05, 0.1) is 24.4 Å². The van der Waals surface area contributed by atoms with Gasteiger partial charge < -0.3 is 20.4 Å². The van der Waals surface area contributed by atoms with Crippen molar-refractivity contribution in [1.82, 2.24) is 0 Å². The van der Waals surface area contributed by atoms with Crippen molar-refractivity contribution in [3.8, 4) is 0 Å². The lowest BCUT2D eigenvalue weighted by Gasteiger charge is -2.60. The molecule has 0 heterocycles. The minimum Gasteiger partial charge on any atom is -0.393 e. The van der Waals surface area contributed by atoms with E-state index in [0.29, 0.717) is 145 Å². The second-order valence-corrected chi connectivity index (χ2v) is 41.4. The van der Waals surface area contributed by atoms with E-state index in [1.807, 2.05) is 55.4 Å². The topological polar surface area (TPSA) is 183 Å². The SMILES string of the molecule is CC.CC.CCC(=O)[C@@]1(C)[C@H](C)C[C@H]2[C@@H]3CCC4=CC(=O)C=C[C@]4(C)[C@H]3[C@@H](O)C[C@@]21C.CCC(=O)[C@@]1(C)[C@H](C)C[C@H]2[C@@H]3CCC4=CC(=O)C=C[C@]4(C)[C@H]3[C@@H](O)C[C@@]21C.CCC(=O)[C@@]1(C)[C@H](C)C[C@H]2[C@@H]3CCC4=CC=CC[C@]4(C)[C@H]3[C@@H](O)C[C@@]21C.CCC(=O)[C@@]1(C)[C@H](C)C[C@H]2[C@@H]3CCC4=CC=CC[C@]4(C)[C@H]3[C@@H](O)C[C@@]21C. The summed E-state index contributed by atoms with van der Waals surface area (Å²) in [6, 6.07) is 0. The molecule has 0 aromatic carbocycles. The number of carbonyl (C=O) groups is 6. The molecule has 110 heavy (non-hydrogen) atoms. The summed E-state index contributed by atoms with van der Waals surface area (Å²) in [6.45, 7) is 52.2. The van der Waals surface area contributed by atoms with E-state index in [0.717, 1.165) is 89.9 Å². The molecule has 16 aliphatic rings. The van der Waals surface area contributed by atoms with E-state index in [9.17, 15) is 49.2 Å². The number of carbonyl (C=O) groups excluding carboxylic acids is 6. The van der Waals surface area contributed by atoms with Crippen LogP contribution in [0.1, 0.15) is 307 Å². The zero-order valence-electron chi connectivity index (χ0n) is 73.3. The van der Waals surface area contributed by atoms with Gasteiger partial charge in [0.1, 0.15) is 23.1 Å². The first-order valence-electron chi connectivity index (χ1n) is 45.0. The molecule has 10 heteroatoms. The van der Waals surface area contributed by atoms with Gasteiger partial charge >= 0.3 is 0 Å². The van der Waals surface area contributed by atoms with Crippen LogP contribution in [0.4, 0.5) is 0 Å². The molecule has 16 rings (SSSR count). The highest BCUT2D eigenvalue weighted by molar-refractivity contribution is 6.02. The molecular formula is C100H152O10. The van der Waals surface area contributed by atoms with Gasteiger partial charge in [0.2, 0.25) is 0 Å². The maximum atomic E-state index is 13.1. The van der Waals surface area contributed by atoms with Gasteiger partial charge in [-0.3, -0.25) is 28.8 Å². The standard InChI is InChI=1S/2C24H34O3.2C24H36O2.2C2H6/c2*1-6-20(27)24(5)14(2)11-18-17-8-7-15-12-16(25)9-10-22(15,3)21(17)19(26)13-23(18,24)4;2*1-6-20(26)24(5)15(2)13-18-17-11-10-16-9-7-8-12-22(16,3)21(17)19(25)14-23(18,24)4;2*1-2/h2*9-10,12,14,17-19,21,26H,6-8,11,13H2,1-5H3;2*7-9,15,17-19,21,25H,6,10-14H2,1-5H3;2*1-2H3/t2*14-,17+,18+,19+,21-,22+,23+,24-;2*15-,17+,18+,19+,21-,22+,23+,24-;;/m1111../s1. The van der Waals surface area contributed by atoms with Crippen LogP contribution >= 0.6 is 0 Å². The first-order valence-corrected chi connectivity index (χ1v) is 45.0. The number of allylic oxidation sites excluding steroid dienone is 16. The summed E-state index contributed by atoms with van der Waals surface area (Å²) >= 11 is 0. The van der Waals surface area contributed by atoms with Crippen molar-refractivity contribution in [1.29, 1.82) is 0 Å². The minimum absolute atomic E-state index is 0.0673. The predicted octanol–water partition coefficient (Wildman–Crippen LogP) is 21.7. The second kappa shape index (κ2) is 30.7. The molecule has 612 valence electrons. The third-order valence-electron chi connectivity index (χ3n) is 38.6. The Morgan fingerprint density at radius 3 is 0.864 bits per heavy atom. The van der Waals surface area contributed by atoms with Gasteiger partial charge in [0.25, 0.3) is 0 Å². The molecule has 0 amide bonds. The summed E-state index contributed by atoms with van der Waals surface area (Å²) in [5, 5.41) is 45.7. The lowest BCUT2D eigenvalue weighted by Crippen LogP contribution is -2.58. The first-order chi connectivity index (χ1) is 51.6. The number of ketones is 6. The van der Waals surface area contributed by atoms with Gasteiger partial charge in [-0.25, -0.2) is 0 Å². The average molecular weight is 1510 g/mol. The molecule has 0 bridgehead atoms. The summed E-state index contributed by atoms with van der Waals surface area (Å²) < 4.78 is 0. The van der Waals surface area contributed by atoms with Crippen LogP contribution in [-0.4, -0.2) is 79.5 Å². The van der Waals surface area contributed by atoms with Gasteiger partial charge in [-0.15, -0.1) is 0 Å². The number of Topliss-reactive ketones (excluding diaryl/α,β-unsaturated/α-hetero) is 4. The Morgan fingerprint density at radius 1 is 0.373 bits per heavy atom. The summed E-state index contributed by atoms with van der Waals surface area (Å²) in [5.74, 6) is 8.14. The van der Waals surface area contributed by atoms with Gasteiger partial charge in [-0.1, -0.05) is 237 Å². The third-order valence-corrected chi connectivity index (χ3v) is 38.6. The minimum atomic E-state index is -0.433. The lowest BCUT2D eigenvalue weighted by molar-refractivity contribution is -0.159. The number of aliphatic hydroxyl groups excluding tert-OH is 4. The highest BCUT2D eigenvalue weighted by atomic mass is 16.3. The molecule has 32 atom stereocenters. The molecule has 0 saturated heterocycles. The van der Waals surface area contributed by atoms with E-state index in [1.165, 1.54) is 24.0 Å². The van der Waals surface area contributed by atoms with E-state index >= 15 is 0 Å². The highest BCUT2D eigenvalue weighted by Crippen LogP contribution is 2.77. The largest absolute Gasteiger partial charge is 0.393 e. The van der Waals surface area contributed by atoms with Crippen LogP contribution in [-0.2, 0) is 28.8 Å². The van der Waals surface area contributed by atoms with E-state index in [2.05, 4.69) is 159 Å². The molecule has 10 nitrogen and oxygen atoms in total. The first kappa shape index (κ1) is 86.6. The van der Waals surface area contributed by atoms with E-state index in [4.69, 9.17) is 0 Å². The number of hydrogen-bond donors (Lipinski definition) is 4. The quantitative estimate of drug-likeness (QED) is 0.182. The number of aliphatic hydroxyl groups is 4. The van der Waals surface area contributed by atoms with E-state index < -0.39 is 12.2 Å². The summed E-state index contributed by atoms with van der Waals surface area (Å²) in [5.41, 5.74) is 3.51. The number of hydrogen-bond acceptors (Lipinski definition) is 10. The molecule has 4 N–H and O–H groups in total. The summed E-state index contributed by atoms with van der Waals surface area (Å²) in [6.07, 6.45) is 43.7. The summed E-state index contributed by atoms with van der Waals surface area (Å²) in [7, 11) is 0. The van der Waals surface area contributed by atoms with Crippen LogP contribution in [0.3, 0.4) is 0 Å². The Morgan fingerprint density at radius 2 is 0.609 bits per heavy atom. The molecule has 0 aromatic heterocycles. The van der Waals surface area contributed by atoms with Crippen molar-refractivity contribution in [3.63, 3.8) is 0 Å². The number of rotatable bonds is 8. The van der Waals surface area contributed by atoms with Gasteiger partial charge in [-0.2, -0.15) is 0 Å². The zero-order valence-corrected chi connectivity index (χ0v) is 73.3. The Hall–Kier alpha value is -4.22. The predicted molar refractivity (Wildman–Crippen MR) is 446 cm³/mol. The Balaban J connectivity index is 0.000000143. The Bertz CT molecular complexity index is 3580. The van der Waals surface area contributed by atoms with Crippen molar-refractivity contribution < 1.29 is 49.2 Å². The van der Waals surface area contributed by atoms with Crippen LogP contribution in [0.15, 0.2) is 95.2 Å². The zero-order chi connectivity index (χ0) is 81.4. The van der Waals surface area contributed by atoms with Crippen LogP contribution < -0.4 is 0 Å². The molecule has 0 aliphatic heterocycles. The molecule has 0 radical (unpaired) electrons. The normalized spacial score (nSPS) is 50.2. The lowest BCUT2D eigenvalue weighted by atomic mass is 9.44. The monoisotopic (exact) mass is 1510 g/mol. The van der Waals surface area contributed by atoms with Crippen molar-refractivity contribution in [2.75, 3.05) is 0 Å². The molecule has 12 saturated carbocycles. The van der Waals surface area contributed by atoms with Crippen LogP contribution in [0.2, 0.25) is 0 Å². The molecule has 0 aromatic rings. The van der Waals surface area contributed by atoms with Crippen LogP contribution in [0.5, 0.6) is 0 Å². The van der Waals surface area contributed by atoms with Crippen molar-refractivity contribution >= 4 is 34.7 Å². The van der Waals surface area contributed by atoms with Gasteiger partial charge in [0, 0.05) is 70.0 Å². The molecular weight excluding hydrogens is 1360 g/mol. The smallest absolute Gasteiger partial charge is 0.178 e. The summed E-state index contributed by atoms with van der Waals surface area (Å²) in [4.78, 5) is 76.1. The fourth-order valence-corrected chi connectivity index (χ4v) is 31.8. The fourth-order valence-electron chi connectivity index (χ4n) is 31.8. The van der Waals surface area contributed by atoms with E-state index in [1.54, 1.807) is 35.5 Å². The average Bonchev–Trinajstić information content (AvgIpc) is 1.57. The highest BCUT2D eigenvalue weighted by Gasteiger charge is 2.74. The third kappa shape index (κ3) is 12.2. The Kier molecular flexibility index (Phi) is 24.2. The maximum Gasteiger partial charge on any atom is 0.178 e. The van der Waals surface area contributed by atoms with Crippen molar-refractivity contribution in [3.05, 3.63) is 95.2 Å². The molecule has 0 unspecified atom stereocenters. The fraction of sp³-hybridized carbons (Fsp3) is 0.780.